The Morgan fingerprint density at radius 1 is 0.250 bits per heavy atom. The van der Waals surface area contributed by atoms with Crippen molar-refractivity contribution in [1.29, 1.82) is 0 Å². The van der Waals surface area contributed by atoms with Crippen LogP contribution in [-0.2, 0) is 0 Å². The van der Waals surface area contributed by atoms with E-state index in [1.165, 1.54) is 0 Å². The molecule has 0 radical (unpaired) electrons. The van der Waals surface area contributed by atoms with Crippen LogP contribution in [0.2, 0.25) is 0 Å². The predicted octanol–water partition coefficient (Wildman–Crippen LogP) is 14.3. The second-order valence-corrected chi connectivity index (χ2v) is 16.7. The van der Waals surface area contributed by atoms with Crippen LogP contribution in [0, 0.1) is 0 Å². The zero-order valence-corrected chi connectivity index (χ0v) is 36.5. The number of fused-ring (bicyclic) bond motifs is 6. The Kier molecular flexibility index (Phi) is 9.31. The minimum absolute atomic E-state index is 0.559. The molecule has 0 fully saturated rings. The zero-order valence-electron chi connectivity index (χ0n) is 36.5. The predicted molar refractivity (Wildman–Crippen MR) is 275 cm³/mol. The molecule has 13 rings (SSSR count). The highest BCUT2D eigenvalue weighted by Gasteiger charge is 2.22. The van der Waals surface area contributed by atoms with Crippen molar-refractivity contribution < 1.29 is 0 Å². The molecule has 0 atom stereocenters. The molecule has 8 heteroatoms. The SMILES string of the molecule is c1ccc(-c2nc(-c3ccccc3)nc(-c3cccc4c3c3cc(-c5ccc6c(c5)c5ccccc5n6-c5nc(-c6ccccc6)nc(-c6ccccc6)n5)ccc3n4-c3ccccc3)n2)cc1. The van der Waals surface area contributed by atoms with Crippen LogP contribution in [0.3, 0.4) is 0 Å². The molecule has 0 spiro atoms. The molecule has 4 aromatic heterocycles. The Morgan fingerprint density at radius 3 is 1.21 bits per heavy atom. The van der Waals surface area contributed by atoms with Crippen molar-refractivity contribution in [3.8, 4) is 79.7 Å². The van der Waals surface area contributed by atoms with Crippen LogP contribution in [0.25, 0.3) is 123 Å². The lowest BCUT2D eigenvalue weighted by atomic mass is 9.99. The Labute approximate surface area is 391 Å². The van der Waals surface area contributed by atoms with Crippen LogP contribution in [0.15, 0.2) is 231 Å². The number of nitrogens with zero attached hydrogens (tertiary/aromatic N) is 8. The lowest BCUT2D eigenvalue weighted by Crippen LogP contribution is -2.06. The first-order valence-corrected chi connectivity index (χ1v) is 22.6. The van der Waals surface area contributed by atoms with Gasteiger partial charge in [-0.25, -0.2) is 19.9 Å². The van der Waals surface area contributed by atoms with Crippen LogP contribution < -0.4 is 0 Å². The smallest absolute Gasteiger partial charge is 0.238 e. The lowest BCUT2D eigenvalue weighted by Gasteiger charge is -2.11. The number of aromatic nitrogens is 8. The summed E-state index contributed by atoms with van der Waals surface area (Å²) in [5.41, 5.74) is 12.0. The second kappa shape index (κ2) is 16.2. The maximum Gasteiger partial charge on any atom is 0.238 e. The Morgan fingerprint density at radius 2 is 0.662 bits per heavy atom. The van der Waals surface area contributed by atoms with E-state index >= 15 is 0 Å². The van der Waals surface area contributed by atoms with Gasteiger partial charge >= 0.3 is 0 Å². The van der Waals surface area contributed by atoms with Crippen LogP contribution in [0.5, 0.6) is 0 Å². The summed E-state index contributed by atoms with van der Waals surface area (Å²) in [5.74, 6) is 3.64. The third kappa shape index (κ3) is 6.70. The second-order valence-electron chi connectivity index (χ2n) is 16.7. The maximum atomic E-state index is 5.21. The molecule has 0 unspecified atom stereocenters. The molecular weight excluding hydrogens is 833 g/mol. The lowest BCUT2D eigenvalue weighted by molar-refractivity contribution is 0.953. The fourth-order valence-corrected chi connectivity index (χ4v) is 9.49. The Bertz CT molecular complexity index is 3890. The van der Waals surface area contributed by atoms with E-state index in [1.807, 2.05) is 121 Å². The minimum atomic E-state index is 0.559. The van der Waals surface area contributed by atoms with Crippen molar-refractivity contribution in [2.45, 2.75) is 0 Å². The first-order valence-electron chi connectivity index (χ1n) is 22.6. The normalized spacial score (nSPS) is 11.5. The van der Waals surface area contributed by atoms with Crippen LogP contribution in [-0.4, -0.2) is 39.0 Å². The van der Waals surface area contributed by atoms with Crippen molar-refractivity contribution in [2.75, 3.05) is 0 Å². The fourth-order valence-electron chi connectivity index (χ4n) is 9.49. The van der Waals surface area contributed by atoms with Gasteiger partial charge in [0.25, 0.3) is 0 Å². The molecule has 0 saturated heterocycles. The number of hydrogen-bond acceptors (Lipinski definition) is 6. The summed E-state index contributed by atoms with van der Waals surface area (Å²) in [6.45, 7) is 0. The van der Waals surface area contributed by atoms with E-state index in [9.17, 15) is 0 Å². The minimum Gasteiger partial charge on any atom is -0.309 e. The van der Waals surface area contributed by atoms with Crippen molar-refractivity contribution >= 4 is 43.6 Å². The summed E-state index contributed by atoms with van der Waals surface area (Å²) in [6, 6.07) is 79.4. The summed E-state index contributed by atoms with van der Waals surface area (Å²) >= 11 is 0. The van der Waals surface area contributed by atoms with E-state index in [0.29, 0.717) is 35.1 Å². The number of para-hydroxylation sites is 2. The number of rotatable bonds is 8. The average Bonchev–Trinajstić information content (AvgIpc) is 3.94. The molecule has 0 aliphatic heterocycles. The molecule has 13 aromatic rings. The maximum absolute atomic E-state index is 5.21. The molecule has 0 amide bonds. The van der Waals surface area contributed by atoms with Crippen molar-refractivity contribution in [2.24, 2.45) is 0 Å². The molecule has 68 heavy (non-hydrogen) atoms. The van der Waals surface area contributed by atoms with Crippen LogP contribution >= 0.6 is 0 Å². The van der Waals surface area contributed by atoms with Gasteiger partial charge in [-0.3, -0.25) is 4.57 Å². The standard InChI is InChI=1S/C60H38N8/c1-6-19-39(20-7-1)55-61-56(40-21-8-2-9-22-40)64-59(63-55)47-30-18-32-53-54(47)49-38-44(34-36-52(49)67(53)45-27-14-5-15-28-45)43-33-35-51-48(37-43)46-29-16-17-31-50(46)68(51)60-65-57(41-23-10-3-11-24-41)62-58(66-60)42-25-12-4-13-26-42/h1-38H. The van der Waals surface area contributed by atoms with E-state index in [0.717, 1.165) is 88.2 Å². The van der Waals surface area contributed by atoms with Gasteiger partial charge in [0.15, 0.2) is 29.1 Å². The van der Waals surface area contributed by atoms with Crippen LogP contribution in [0.1, 0.15) is 0 Å². The summed E-state index contributed by atoms with van der Waals surface area (Å²) in [5, 5.41) is 4.36. The first-order chi connectivity index (χ1) is 33.7. The van der Waals surface area contributed by atoms with Gasteiger partial charge in [0.05, 0.1) is 22.1 Å². The highest BCUT2D eigenvalue weighted by molar-refractivity contribution is 6.16. The number of hydrogen-bond donors (Lipinski definition) is 0. The summed E-state index contributed by atoms with van der Waals surface area (Å²) in [6.07, 6.45) is 0. The quantitative estimate of drug-likeness (QED) is 0.151. The summed E-state index contributed by atoms with van der Waals surface area (Å²) in [4.78, 5) is 30.7. The first kappa shape index (κ1) is 39.0. The van der Waals surface area contributed by atoms with Gasteiger partial charge in [-0.15, -0.1) is 0 Å². The summed E-state index contributed by atoms with van der Waals surface area (Å²) < 4.78 is 4.51. The van der Waals surface area contributed by atoms with E-state index in [4.69, 9.17) is 29.9 Å². The van der Waals surface area contributed by atoms with Crippen molar-refractivity contribution in [3.05, 3.63) is 231 Å². The Balaban J connectivity index is 1.02. The molecule has 4 heterocycles. The third-order valence-corrected chi connectivity index (χ3v) is 12.6. The third-order valence-electron chi connectivity index (χ3n) is 12.6. The van der Waals surface area contributed by atoms with E-state index in [-0.39, 0.29) is 0 Å². The fraction of sp³-hybridized carbons (Fsp3) is 0. The molecule has 9 aromatic carbocycles. The van der Waals surface area contributed by atoms with Crippen molar-refractivity contribution in [3.63, 3.8) is 0 Å². The molecule has 318 valence electrons. The molecular formula is C60H38N8. The van der Waals surface area contributed by atoms with Crippen molar-refractivity contribution in [1.82, 2.24) is 39.0 Å². The largest absolute Gasteiger partial charge is 0.309 e. The topological polar surface area (TPSA) is 87.2 Å². The number of benzene rings is 9. The molecule has 8 nitrogen and oxygen atoms in total. The highest BCUT2D eigenvalue weighted by atomic mass is 15.2. The average molecular weight is 871 g/mol. The molecule has 0 aliphatic carbocycles. The van der Waals surface area contributed by atoms with Gasteiger partial charge in [-0.1, -0.05) is 182 Å². The van der Waals surface area contributed by atoms with E-state index in [1.54, 1.807) is 0 Å². The summed E-state index contributed by atoms with van der Waals surface area (Å²) in [7, 11) is 0. The molecule has 0 bridgehead atoms. The van der Waals surface area contributed by atoms with Gasteiger partial charge in [-0.2, -0.15) is 9.97 Å². The van der Waals surface area contributed by atoms with E-state index < -0.39 is 0 Å². The van der Waals surface area contributed by atoms with Crippen LogP contribution in [0.4, 0.5) is 0 Å². The highest BCUT2D eigenvalue weighted by Crippen LogP contribution is 2.41. The van der Waals surface area contributed by atoms with E-state index in [2.05, 4.69) is 118 Å². The molecule has 0 saturated carbocycles. The van der Waals surface area contributed by atoms with Gasteiger partial charge in [0.2, 0.25) is 5.95 Å². The molecule has 0 aliphatic rings. The van der Waals surface area contributed by atoms with Gasteiger partial charge in [-0.05, 0) is 59.7 Å². The van der Waals surface area contributed by atoms with Gasteiger partial charge in [0.1, 0.15) is 0 Å². The Hall–Kier alpha value is -9.40. The van der Waals surface area contributed by atoms with Gasteiger partial charge < -0.3 is 4.57 Å². The zero-order chi connectivity index (χ0) is 45.0. The van der Waals surface area contributed by atoms with Gasteiger partial charge in [0, 0.05) is 55.0 Å². The monoisotopic (exact) mass is 870 g/mol. The molecule has 0 N–H and O–H groups in total.